The molecular formula is C27H28ClF3N6O4. The Kier molecular flexibility index (Phi) is 7.13. The van der Waals surface area contributed by atoms with E-state index in [-0.39, 0.29) is 12.0 Å². The standard InChI is InChI=1S/C27H28ClF3N6O4/c1-26(2,3)41-25(40)36-18(12-22(36)38)24(39)34(4)23(27(29,30)31)15-7-9-16(10-8-15)35-11-5-6-17-19(35)14-32-21-13-20(28)33-37(17)21/h7-10,13-14,18,23H,5-6,11-12H2,1-4H3/t18?,23-/m0/s1. The molecule has 218 valence electrons. The number of amides is 3. The molecule has 2 atom stereocenters. The SMILES string of the molecule is CN(C(=O)C1CC(=O)N1C(=O)OC(C)(C)C)[C@@H](c1ccc(N2CCCc3c2cnc2cc(Cl)nn32)cc1)C(F)(F)F. The normalized spacial score (nSPS) is 18.1. The largest absolute Gasteiger partial charge is 0.443 e. The highest BCUT2D eigenvalue weighted by atomic mass is 35.5. The summed E-state index contributed by atoms with van der Waals surface area (Å²) in [4.78, 5) is 45.2. The van der Waals surface area contributed by atoms with Crippen LogP contribution in [-0.4, -0.2) is 73.7 Å². The Labute approximate surface area is 238 Å². The number of likely N-dealkylation sites (tertiary alicyclic amines) is 1. The lowest BCUT2D eigenvalue weighted by Gasteiger charge is -2.41. The van der Waals surface area contributed by atoms with Gasteiger partial charge < -0.3 is 14.5 Å². The van der Waals surface area contributed by atoms with Gasteiger partial charge in [-0.1, -0.05) is 23.7 Å². The number of hydrogen-bond donors (Lipinski definition) is 0. The number of nitrogens with zero attached hydrogens (tertiary/aromatic N) is 6. The molecule has 1 aromatic carbocycles. The summed E-state index contributed by atoms with van der Waals surface area (Å²) in [5.74, 6) is -1.70. The van der Waals surface area contributed by atoms with Crippen LogP contribution in [0.4, 0.5) is 29.3 Å². The predicted octanol–water partition coefficient (Wildman–Crippen LogP) is 5.06. The number of aryl methyl sites for hydroxylation is 1. The third-order valence-corrected chi connectivity index (χ3v) is 7.19. The third kappa shape index (κ3) is 5.42. The highest BCUT2D eigenvalue weighted by Crippen LogP contribution is 2.40. The molecule has 0 radical (unpaired) electrons. The van der Waals surface area contributed by atoms with Crippen molar-refractivity contribution in [2.45, 2.75) is 63.9 Å². The van der Waals surface area contributed by atoms with E-state index in [9.17, 15) is 27.6 Å². The molecular weight excluding hydrogens is 565 g/mol. The van der Waals surface area contributed by atoms with Gasteiger partial charge >= 0.3 is 12.3 Å². The fraction of sp³-hybridized carbons (Fsp3) is 0.444. The minimum atomic E-state index is -4.83. The molecule has 0 N–H and O–H groups in total. The first-order valence-electron chi connectivity index (χ1n) is 12.9. The zero-order valence-electron chi connectivity index (χ0n) is 22.8. The highest BCUT2D eigenvalue weighted by molar-refractivity contribution is 6.29. The third-order valence-electron chi connectivity index (χ3n) is 7.01. The molecule has 0 bridgehead atoms. The number of hydrogen-bond acceptors (Lipinski definition) is 7. The van der Waals surface area contributed by atoms with Crippen molar-refractivity contribution in [3.05, 3.63) is 52.9 Å². The Bertz CT molecular complexity index is 1520. The summed E-state index contributed by atoms with van der Waals surface area (Å²) < 4.78 is 49.9. The Morgan fingerprint density at radius 2 is 1.85 bits per heavy atom. The summed E-state index contributed by atoms with van der Waals surface area (Å²) in [6, 6.07) is 3.72. The molecule has 3 aromatic rings. The minimum absolute atomic E-state index is 0.170. The second-order valence-electron chi connectivity index (χ2n) is 11.0. The van der Waals surface area contributed by atoms with E-state index in [0.717, 1.165) is 31.3 Å². The van der Waals surface area contributed by atoms with Crippen molar-refractivity contribution in [1.29, 1.82) is 0 Å². The fourth-order valence-corrected chi connectivity index (χ4v) is 5.36. The van der Waals surface area contributed by atoms with Gasteiger partial charge in [0.25, 0.3) is 0 Å². The quantitative estimate of drug-likeness (QED) is 0.390. The van der Waals surface area contributed by atoms with Crippen LogP contribution in [0.3, 0.4) is 0 Å². The van der Waals surface area contributed by atoms with Crippen LogP contribution in [0, 0.1) is 0 Å². The number of fused-ring (bicyclic) bond motifs is 3. The lowest BCUT2D eigenvalue weighted by molar-refractivity contribution is -0.192. The number of aromatic nitrogens is 3. The molecule has 1 fully saturated rings. The molecule has 4 heterocycles. The molecule has 10 nitrogen and oxygen atoms in total. The van der Waals surface area contributed by atoms with Gasteiger partial charge in [0, 0.05) is 25.3 Å². The van der Waals surface area contributed by atoms with Gasteiger partial charge in [-0.3, -0.25) is 9.59 Å². The van der Waals surface area contributed by atoms with Crippen LogP contribution in [0.5, 0.6) is 0 Å². The first kappa shape index (κ1) is 28.7. The summed E-state index contributed by atoms with van der Waals surface area (Å²) in [7, 11) is 1.01. The molecule has 3 amide bonds. The second kappa shape index (κ2) is 10.2. The van der Waals surface area contributed by atoms with Crippen molar-refractivity contribution < 1.29 is 32.3 Å². The maximum atomic E-state index is 14.4. The van der Waals surface area contributed by atoms with Crippen molar-refractivity contribution in [3.63, 3.8) is 0 Å². The van der Waals surface area contributed by atoms with E-state index in [1.54, 1.807) is 49.7 Å². The molecule has 5 rings (SSSR count). The number of carbonyl (C=O) groups is 3. The highest BCUT2D eigenvalue weighted by Gasteiger charge is 2.52. The first-order chi connectivity index (χ1) is 19.2. The number of imide groups is 1. The fourth-order valence-electron chi connectivity index (χ4n) is 5.18. The van der Waals surface area contributed by atoms with Gasteiger partial charge in [-0.25, -0.2) is 19.2 Å². The Morgan fingerprint density at radius 3 is 2.46 bits per heavy atom. The molecule has 0 spiro atoms. The Balaban J connectivity index is 1.39. The number of carbonyl (C=O) groups excluding carboxylic acids is 3. The van der Waals surface area contributed by atoms with Crippen LogP contribution in [0.2, 0.25) is 5.15 Å². The van der Waals surface area contributed by atoms with E-state index in [4.69, 9.17) is 16.3 Å². The topological polar surface area (TPSA) is 100 Å². The van der Waals surface area contributed by atoms with E-state index < -0.39 is 41.8 Å². The molecule has 0 saturated carbocycles. The molecule has 2 aliphatic heterocycles. The predicted molar refractivity (Wildman–Crippen MR) is 143 cm³/mol. The van der Waals surface area contributed by atoms with Gasteiger partial charge in [0.15, 0.2) is 16.8 Å². The van der Waals surface area contributed by atoms with E-state index in [0.29, 0.717) is 32.8 Å². The van der Waals surface area contributed by atoms with Crippen molar-refractivity contribution in [1.82, 2.24) is 24.4 Å². The molecule has 2 aromatic heterocycles. The van der Waals surface area contributed by atoms with Crippen LogP contribution in [0.25, 0.3) is 5.65 Å². The van der Waals surface area contributed by atoms with Crippen molar-refractivity contribution >= 4 is 46.5 Å². The molecule has 0 aliphatic carbocycles. The number of alkyl halides is 3. The Morgan fingerprint density at radius 1 is 1.17 bits per heavy atom. The first-order valence-corrected chi connectivity index (χ1v) is 13.3. The summed E-state index contributed by atoms with van der Waals surface area (Å²) in [6.07, 6.45) is -3.08. The van der Waals surface area contributed by atoms with Gasteiger partial charge in [0.2, 0.25) is 11.8 Å². The van der Waals surface area contributed by atoms with Gasteiger partial charge in [0.1, 0.15) is 11.6 Å². The number of anilines is 2. The zero-order valence-corrected chi connectivity index (χ0v) is 23.5. The summed E-state index contributed by atoms with van der Waals surface area (Å²) in [5.41, 5.74) is 1.78. The van der Waals surface area contributed by atoms with Crippen LogP contribution in [0.15, 0.2) is 36.5 Å². The van der Waals surface area contributed by atoms with Gasteiger partial charge in [-0.05, 0) is 51.3 Å². The minimum Gasteiger partial charge on any atom is -0.443 e. The monoisotopic (exact) mass is 592 g/mol. The van der Waals surface area contributed by atoms with Crippen LogP contribution in [0.1, 0.15) is 50.9 Å². The lowest BCUT2D eigenvalue weighted by atomic mass is 9.98. The molecule has 41 heavy (non-hydrogen) atoms. The summed E-state index contributed by atoms with van der Waals surface area (Å²) in [6.45, 7) is 5.35. The van der Waals surface area contributed by atoms with E-state index in [1.807, 2.05) is 4.90 Å². The molecule has 1 unspecified atom stereocenters. The number of likely N-dealkylation sites (N-methyl/N-ethyl adjacent to an activating group) is 1. The van der Waals surface area contributed by atoms with Crippen LogP contribution in [-0.2, 0) is 20.7 Å². The number of ether oxygens (including phenoxy) is 1. The van der Waals surface area contributed by atoms with Crippen molar-refractivity contribution in [2.75, 3.05) is 18.5 Å². The van der Waals surface area contributed by atoms with Crippen molar-refractivity contribution in [2.24, 2.45) is 0 Å². The second-order valence-corrected chi connectivity index (χ2v) is 11.4. The van der Waals surface area contributed by atoms with E-state index >= 15 is 0 Å². The van der Waals surface area contributed by atoms with Gasteiger partial charge in [0.05, 0.1) is 24.0 Å². The van der Waals surface area contributed by atoms with Gasteiger partial charge in [-0.2, -0.15) is 18.3 Å². The number of halogens is 4. The van der Waals surface area contributed by atoms with E-state index in [1.165, 1.54) is 12.1 Å². The summed E-state index contributed by atoms with van der Waals surface area (Å²) >= 11 is 6.05. The average Bonchev–Trinajstić information content (AvgIpc) is 3.25. The Hall–Kier alpha value is -3.87. The maximum absolute atomic E-state index is 14.4. The maximum Gasteiger partial charge on any atom is 0.417 e. The number of β-lactam (4-membered cyclic amide) rings is 1. The summed E-state index contributed by atoms with van der Waals surface area (Å²) in [5, 5.41) is 4.61. The number of rotatable bonds is 4. The smallest absolute Gasteiger partial charge is 0.417 e. The average molecular weight is 593 g/mol. The van der Waals surface area contributed by atoms with Crippen molar-refractivity contribution in [3.8, 4) is 0 Å². The van der Waals surface area contributed by atoms with E-state index in [2.05, 4.69) is 10.1 Å². The van der Waals surface area contributed by atoms with Gasteiger partial charge in [-0.15, -0.1) is 0 Å². The van der Waals surface area contributed by atoms with Crippen LogP contribution < -0.4 is 4.90 Å². The molecule has 2 aliphatic rings. The lowest BCUT2D eigenvalue weighted by Crippen LogP contribution is -2.63. The zero-order chi connectivity index (χ0) is 29.9. The van der Waals surface area contributed by atoms with Crippen LogP contribution >= 0.6 is 11.6 Å². The number of benzene rings is 1. The molecule has 14 heteroatoms. The molecule has 1 saturated heterocycles.